The molecule has 0 aliphatic carbocycles. The number of anilines is 1. The molecule has 0 atom stereocenters. The molecule has 0 unspecified atom stereocenters. The van der Waals surface area contributed by atoms with Crippen molar-refractivity contribution in [2.45, 2.75) is 33.8 Å². The van der Waals surface area contributed by atoms with Crippen molar-refractivity contribution in [2.24, 2.45) is 0 Å². The lowest BCUT2D eigenvalue weighted by molar-refractivity contribution is 0.102. The number of H-pyrrole nitrogens is 1. The van der Waals surface area contributed by atoms with Gasteiger partial charge in [-0.15, -0.1) is 0 Å². The third-order valence-corrected chi connectivity index (χ3v) is 4.80. The molecular formula is C23H23N5O4. The maximum Gasteiger partial charge on any atom is 0.256 e. The van der Waals surface area contributed by atoms with E-state index in [0.717, 1.165) is 0 Å². The Bertz CT molecular complexity index is 1300. The highest BCUT2D eigenvalue weighted by molar-refractivity contribution is 6.04. The first kappa shape index (κ1) is 21.1. The topological polar surface area (TPSA) is 115 Å². The van der Waals surface area contributed by atoms with Gasteiger partial charge in [0.05, 0.1) is 12.4 Å². The van der Waals surface area contributed by atoms with Crippen LogP contribution in [0.2, 0.25) is 0 Å². The van der Waals surface area contributed by atoms with Crippen LogP contribution in [0, 0.1) is 13.8 Å². The van der Waals surface area contributed by atoms with E-state index in [0.29, 0.717) is 39.8 Å². The smallest absolute Gasteiger partial charge is 0.256 e. The lowest BCUT2D eigenvalue weighted by Gasteiger charge is -2.11. The van der Waals surface area contributed by atoms with Gasteiger partial charge in [-0.1, -0.05) is 0 Å². The molecule has 4 rings (SSSR count). The van der Waals surface area contributed by atoms with Crippen LogP contribution in [0.15, 0.2) is 57.9 Å². The van der Waals surface area contributed by atoms with Gasteiger partial charge < -0.3 is 14.5 Å². The van der Waals surface area contributed by atoms with Crippen LogP contribution in [0.4, 0.5) is 5.82 Å². The number of aryl methyl sites for hydroxylation is 1. The average Bonchev–Trinajstić information content (AvgIpc) is 3.42. The van der Waals surface area contributed by atoms with Crippen molar-refractivity contribution >= 4 is 11.7 Å². The summed E-state index contributed by atoms with van der Waals surface area (Å²) in [7, 11) is 0. The lowest BCUT2D eigenvalue weighted by atomic mass is 10.2. The molecule has 0 aliphatic rings. The molecule has 1 aromatic carbocycles. The van der Waals surface area contributed by atoms with Gasteiger partial charge in [0.25, 0.3) is 11.5 Å². The molecule has 0 saturated carbocycles. The van der Waals surface area contributed by atoms with Gasteiger partial charge >= 0.3 is 0 Å². The molecule has 2 N–H and O–H groups in total. The molecule has 0 fully saturated rings. The van der Waals surface area contributed by atoms with Crippen molar-refractivity contribution in [2.75, 3.05) is 5.32 Å². The number of ether oxygens (including phenoxy) is 1. The summed E-state index contributed by atoms with van der Waals surface area (Å²) < 4.78 is 12.4. The maximum absolute atomic E-state index is 12.9. The summed E-state index contributed by atoms with van der Waals surface area (Å²) in [5, 5.41) is 7.32. The second-order valence-corrected chi connectivity index (χ2v) is 7.55. The van der Waals surface area contributed by atoms with E-state index in [1.54, 1.807) is 56.3 Å². The minimum absolute atomic E-state index is 0.0386. The van der Waals surface area contributed by atoms with Crippen LogP contribution < -0.4 is 15.6 Å². The Kier molecular flexibility index (Phi) is 5.63. The second kappa shape index (κ2) is 8.54. The van der Waals surface area contributed by atoms with Crippen molar-refractivity contribution in [3.05, 3.63) is 75.9 Å². The standard InChI is InChI=1S/C23H23N5O4/c1-13(2)32-17-9-7-16(8-10-17)22(30)25-20-12-18(19-6-5-11-31-19)27-28(20)23-24-15(4)14(3)21(29)26-23/h5-13H,1-4H3,(H,25,30)(H,24,26,29). The van der Waals surface area contributed by atoms with Gasteiger partial charge in [0, 0.05) is 22.9 Å². The highest BCUT2D eigenvalue weighted by Gasteiger charge is 2.18. The number of rotatable bonds is 6. The van der Waals surface area contributed by atoms with E-state index in [2.05, 4.69) is 20.4 Å². The van der Waals surface area contributed by atoms with E-state index in [-0.39, 0.29) is 23.5 Å². The molecule has 32 heavy (non-hydrogen) atoms. The molecule has 0 radical (unpaired) electrons. The molecule has 0 bridgehead atoms. The van der Waals surface area contributed by atoms with Crippen LogP contribution in [0.25, 0.3) is 17.4 Å². The first-order valence-corrected chi connectivity index (χ1v) is 10.1. The Labute approximate surface area is 184 Å². The van der Waals surface area contributed by atoms with Gasteiger partial charge in [-0.2, -0.15) is 9.78 Å². The fourth-order valence-electron chi connectivity index (χ4n) is 3.05. The number of amides is 1. The largest absolute Gasteiger partial charge is 0.491 e. The van der Waals surface area contributed by atoms with Crippen LogP contribution >= 0.6 is 0 Å². The Balaban J connectivity index is 1.70. The monoisotopic (exact) mass is 433 g/mol. The SMILES string of the molecule is Cc1nc(-n2nc(-c3ccco3)cc2NC(=O)c2ccc(OC(C)C)cc2)[nH]c(=O)c1C. The summed E-state index contributed by atoms with van der Waals surface area (Å²) in [6.45, 7) is 7.30. The lowest BCUT2D eigenvalue weighted by Crippen LogP contribution is -2.20. The van der Waals surface area contributed by atoms with Crippen molar-refractivity contribution in [1.29, 1.82) is 0 Å². The summed E-state index contributed by atoms with van der Waals surface area (Å²) in [6.07, 6.45) is 1.57. The van der Waals surface area contributed by atoms with E-state index < -0.39 is 0 Å². The molecule has 0 saturated heterocycles. The van der Waals surface area contributed by atoms with Gasteiger partial charge in [-0.25, -0.2) is 4.98 Å². The summed E-state index contributed by atoms with van der Waals surface area (Å²) in [6, 6.07) is 12.0. The number of aromatic amines is 1. The molecular weight excluding hydrogens is 410 g/mol. The average molecular weight is 433 g/mol. The van der Waals surface area contributed by atoms with E-state index in [4.69, 9.17) is 9.15 Å². The molecule has 9 heteroatoms. The predicted octanol–water partition coefficient (Wildman–Crippen LogP) is 3.87. The first-order valence-electron chi connectivity index (χ1n) is 10.1. The highest BCUT2D eigenvalue weighted by atomic mass is 16.5. The third kappa shape index (κ3) is 4.31. The number of furan rings is 1. The van der Waals surface area contributed by atoms with Crippen LogP contribution in [-0.4, -0.2) is 31.8 Å². The zero-order valence-electron chi connectivity index (χ0n) is 18.2. The molecule has 3 heterocycles. The van der Waals surface area contributed by atoms with Gasteiger partial charge in [0.2, 0.25) is 5.95 Å². The fraction of sp³-hybridized carbons (Fsp3) is 0.217. The zero-order valence-corrected chi connectivity index (χ0v) is 18.2. The summed E-state index contributed by atoms with van der Waals surface area (Å²) in [5.41, 5.74) is 1.72. The molecule has 0 aliphatic heterocycles. The molecule has 0 spiro atoms. The molecule has 4 aromatic rings. The normalized spacial score (nSPS) is 11.0. The Hall–Kier alpha value is -4.14. The summed E-state index contributed by atoms with van der Waals surface area (Å²) in [4.78, 5) is 32.3. The minimum Gasteiger partial charge on any atom is -0.491 e. The number of hydrogen-bond donors (Lipinski definition) is 2. The number of carbonyl (C=O) groups excluding carboxylic acids is 1. The van der Waals surface area contributed by atoms with Crippen molar-refractivity contribution < 1.29 is 13.9 Å². The van der Waals surface area contributed by atoms with Crippen LogP contribution in [0.5, 0.6) is 5.75 Å². The second-order valence-electron chi connectivity index (χ2n) is 7.55. The molecule has 1 amide bonds. The van der Waals surface area contributed by atoms with Gasteiger partial charge in [-0.3, -0.25) is 14.6 Å². The van der Waals surface area contributed by atoms with E-state index in [1.807, 2.05) is 13.8 Å². The highest BCUT2D eigenvalue weighted by Crippen LogP contribution is 2.25. The van der Waals surface area contributed by atoms with E-state index >= 15 is 0 Å². The van der Waals surface area contributed by atoms with Crippen molar-refractivity contribution in [3.8, 4) is 23.2 Å². The Morgan fingerprint density at radius 3 is 2.56 bits per heavy atom. The Morgan fingerprint density at radius 2 is 1.94 bits per heavy atom. The van der Waals surface area contributed by atoms with Gasteiger partial charge in [-0.05, 0) is 64.1 Å². The van der Waals surface area contributed by atoms with E-state index in [9.17, 15) is 9.59 Å². The summed E-state index contributed by atoms with van der Waals surface area (Å²) in [5.74, 6) is 1.36. The van der Waals surface area contributed by atoms with Crippen LogP contribution in [-0.2, 0) is 0 Å². The number of aromatic nitrogens is 4. The Morgan fingerprint density at radius 1 is 1.19 bits per heavy atom. The fourth-order valence-corrected chi connectivity index (χ4v) is 3.05. The summed E-state index contributed by atoms with van der Waals surface area (Å²) >= 11 is 0. The van der Waals surface area contributed by atoms with Crippen molar-refractivity contribution in [3.63, 3.8) is 0 Å². The molecule has 9 nitrogen and oxygen atoms in total. The van der Waals surface area contributed by atoms with Gasteiger partial charge in [0.15, 0.2) is 5.76 Å². The zero-order chi connectivity index (χ0) is 22.8. The number of benzene rings is 1. The molecule has 3 aromatic heterocycles. The maximum atomic E-state index is 12.9. The number of hydrogen-bond acceptors (Lipinski definition) is 6. The quantitative estimate of drug-likeness (QED) is 0.477. The number of nitrogens with one attached hydrogen (secondary N) is 2. The predicted molar refractivity (Wildman–Crippen MR) is 119 cm³/mol. The minimum atomic E-state index is -0.348. The molecule has 164 valence electrons. The van der Waals surface area contributed by atoms with Gasteiger partial charge in [0.1, 0.15) is 17.3 Å². The number of carbonyl (C=O) groups is 1. The van der Waals surface area contributed by atoms with Crippen LogP contribution in [0.1, 0.15) is 35.5 Å². The third-order valence-electron chi connectivity index (χ3n) is 4.80. The van der Waals surface area contributed by atoms with E-state index in [1.165, 1.54) is 10.9 Å². The van der Waals surface area contributed by atoms with Crippen molar-refractivity contribution in [1.82, 2.24) is 19.7 Å². The first-order chi connectivity index (χ1) is 15.3. The van der Waals surface area contributed by atoms with Crippen LogP contribution in [0.3, 0.4) is 0 Å². The number of nitrogens with zero attached hydrogens (tertiary/aromatic N) is 3.